The third kappa shape index (κ3) is 9.75. The molecule has 0 aromatic rings. The number of nitrogens with one attached hydrogen (secondary N) is 2. The summed E-state index contributed by atoms with van der Waals surface area (Å²) in [4.78, 5) is 34.4. The molecule has 2 amide bonds. The first kappa shape index (κ1) is 21.2. The van der Waals surface area contributed by atoms with Gasteiger partial charge in [-0.1, -0.05) is 13.8 Å². The fourth-order valence-corrected chi connectivity index (χ4v) is 1.60. The van der Waals surface area contributed by atoms with E-state index in [0.29, 0.717) is 0 Å². The summed E-state index contributed by atoms with van der Waals surface area (Å²) in [6.07, 6.45) is -5.08. The van der Waals surface area contributed by atoms with Crippen molar-refractivity contribution in [2.24, 2.45) is 5.92 Å². The van der Waals surface area contributed by atoms with Crippen molar-refractivity contribution in [3.63, 3.8) is 0 Å². The van der Waals surface area contributed by atoms with Gasteiger partial charge in [0.25, 0.3) is 0 Å². The van der Waals surface area contributed by atoms with E-state index in [2.05, 4.69) is 5.32 Å². The zero-order valence-corrected chi connectivity index (χ0v) is 13.8. The minimum Gasteiger partial charge on any atom is -0.459 e. The molecule has 0 spiro atoms. The van der Waals surface area contributed by atoms with E-state index >= 15 is 0 Å². The highest BCUT2D eigenvalue weighted by molar-refractivity contribution is 5.91. The molecule has 0 aliphatic carbocycles. The number of alkyl halides is 3. The average molecular weight is 340 g/mol. The van der Waals surface area contributed by atoms with Crippen molar-refractivity contribution in [3.8, 4) is 0 Å². The summed E-state index contributed by atoms with van der Waals surface area (Å²) in [5.41, 5.74) is -0.746. The van der Waals surface area contributed by atoms with Crippen molar-refractivity contribution < 1.29 is 32.3 Å². The molecule has 0 aromatic heterocycles. The van der Waals surface area contributed by atoms with E-state index in [0.717, 1.165) is 0 Å². The Morgan fingerprint density at radius 1 is 1.09 bits per heavy atom. The SMILES string of the molecule is CC(C)C[C@H](NC(=O)C(F)(F)F)C(=O)NCC(=O)OC(C)(C)C. The topological polar surface area (TPSA) is 84.5 Å². The minimum absolute atomic E-state index is 0.00196. The average Bonchev–Trinajstić information content (AvgIpc) is 2.31. The van der Waals surface area contributed by atoms with Crippen LogP contribution in [0.5, 0.6) is 0 Å². The van der Waals surface area contributed by atoms with Gasteiger partial charge in [-0.2, -0.15) is 13.2 Å². The zero-order valence-electron chi connectivity index (χ0n) is 13.8. The van der Waals surface area contributed by atoms with Gasteiger partial charge in [0.2, 0.25) is 5.91 Å². The van der Waals surface area contributed by atoms with Crippen LogP contribution in [-0.2, 0) is 19.1 Å². The lowest BCUT2D eigenvalue weighted by molar-refractivity contribution is -0.174. The normalized spacial score (nSPS) is 13.4. The largest absolute Gasteiger partial charge is 0.471 e. The maximum absolute atomic E-state index is 12.3. The number of carbonyl (C=O) groups excluding carboxylic acids is 3. The number of hydrogen-bond donors (Lipinski definition) is 2. The molecule has 0 aliphatic rings. The Morgan fingerprint density at radius 2 is 1.61 bits per heavy atom. The molecule has 6 nitrogen and oxygen atoms in total. The minimum atomic E-state index is -5.08. The van der Waals surface area contributed by atoms with Crippen LogP contribution in [-0.4, -0.2) is 42.1 Å². The Balaban J connectivity index is 4.70. The van der Waals surface area contributed by atoms with Crippen LogP contribution in [0.2, 0.25) is 0 Å². The van der Waals surface area contributed by atoms with Crippen molar-refractivity contribution in [2.75, 3.05) is 6.54 Å². The van der Waals surface area contributed by atoms with E-state index < -0.39 is 42.1 Å². The molecule has 2 N–H and O–H groups in total. The van der Waals surface area contributed by atoms with Gasteiger partial charge in [-0.15, -0.1) is 0 Å². The van der Waals surface area contributed by atoms with E-state index in [-0.39, 0.29) is 12.3 Å². The van der Waals surface area contributed by atoms with Crippen LogP contribution in [0.15, 0.2) is 0 Å². The molecular formula is C14H23F3N2O4. The van der Waals surface area contributed by atoms with Crippen molar-refractivity contribution in [3.05, 3.63) is 0 Å². The second kappa shape index (κ2) is 8.16. The molecule has 1 atom stereocenters. The Morgan fingerprint density at radius 3 is 2.00 bits per heavy atom. The Kier molecular flexibility index (Phi) is 7.53. The first-order chi connectivity index (χ1) is 10.2. The molecule has 9 heteroatoms. The van der Waals surface area contributed by atoms with E-state index in [4.69, 9.17) is 4.74 Å². The molecule has 0 rings (SSSR count). The first-order valence-corrected chi connectivity index (χ1v) is 7.09. The molecular weight excluding hydrogens is 317 g/mol. The van der Waals surface area contributed by atoms with Crippen LogP contribution < -0.4 is 10.6 Å². The summed E-state index contributed by atoms with van der Waals surface area (Å²) in [5, 5.41) is 3.80. The molecule has 0 fully saturated rings. The highest BCUT2D eigenvalue weighted by Gasteiger charge is 2.40. The highest BCUT2D eigenvalue weighted by Crippen LogP contribution is 2.16. The molecule has 134 valence electrons. The Hall–Kier alpha value is -1.80. The lowest BCUT2D eigenvalue weighted by atomic mass is 10.0. The van der Waals surface area contributed by atoms with Crippen molar-refractivity contribution in [1.82, 2.24) is 10.6 Å². The number of halogens is 3. The van der Waals surface area contributed by atoms with Crippen molar-refractivity contribution in [1.29, 1.82) is 0 Å². The van der Waals surface area contributed by atoms with Crippen LogP contribution in [0, 0.1) is 5.92 Å². The number of carbonyl (C=O) groups is 3. The quantitative estimate of drug-likeness (QED) is 0.718. The van der Waals surface area contributed by atoms with Crippen molar-refractivity contribution in [2.45, 2.75) is 58.9 Å². The van der Waals surface area contributed by atoms with Gasteiger partial charge in [0.1, 0.15) is 18.2 Å². The fraction of sp³-hybridized carbons (Fsp3) is 0.786. The van der Waals surface area contributed by atoms with Crippen LogP contribution in [0.4, 0.5) is 13.2 Å². The van der Waals surface area contributed by atoms with Crippen LogP contribution >= 0.6 is 0 Å². The predicted octanol–water partition coefficient (Wildman–Crippen LogP) is 1.54. The molecule has 0 saturated carbocycles. The Labute approximate surface area is 133 Å². The smallest absolute Gasteiger partial charge is 0.459 e. The summed E-state index contributed by atoms with van der Waals surface area (Å²) in [6.45, 7) is 7.79. The predicted molar refractivity (Wildman–Crippen MR) is 76.3 cm³/mol. The van der Waals surface area contributed by atoms with Crippen LogP contribution in [0.1, 0.15) is 41.0 Å². The van der Waals surface area contributed by atoms with Gasteiger partial charge in [-0.25, -0.2) is 0 Å². The van der Waals surface area contributed by atoms with E-state index in [1.54, 1.807) is 39.9 Å². The number of ether oxygens (including phenoxy) is 1. The molecule has 0 aliphatic heterocycles. The van der Waals surface area contributed by atoms with Gasteiger partial charge in [-0.05, 0) is 33.1 Å². The summed E-state index contributed by atoms with van der Waals surface area (Å²) < 4.78 is 41.8. The lowest BCUT2D eigenvalue weighted by Gasteiger charge is -2.22. The molecule has 0 radical (unpaired) electrons. The molecule has 0 heterocycles. The summed E-state index contributed by atoms with van der Waals surface area (Å²) in [6, 6.07) is -1.38. The third-order valence-corrected chi connectivity index (χ3v) is 2.41. The lowest BCUT2D eigenvalue weighted by Crippen LogP contribution is -2.52. The van der Waals surface area contributed by atoms with Crippen molar-refractivity contribution >= 4 is 17.8 Å². The molecule has 0 aromatic carbocycles. The van der Waals surface area contributed by atoms with Gasteiger partial charge in [0.15, 0.2) is 0 Å². The first-order valence-electron chi connectivity index (χ1n) is 7.09. The molecule has 0 unspecified atom stereocenters. The summed E-state index contributed by atoms with van der Waals surface area (Å²) in [7, 11) is 0. The van der Waals surface area contributed by atoms with Gasteiger partial charge < -0.3 is 15.4 Å². The second-order valence-electron chi connectivity index (χ2n) is 6.46. The summed E-state index contributed by atoms with van der Waals surface area (Å²) >= 11 is 0. The van der Waals surface area contributed by atoms with Crippen LogP contribution in [0.3, 0.4) is 0 Å². The van der Waals surface area contributed by atoms with E-state index in [1.807, 2.05) is 0 Å². The standard InChI is InChI=1S/C14H23F3N2O4/c1-8(2)6-9(19-12(22)14(15,16)17)11(21)18-7-10(20)23-13(3,4)5/h8-9H,6-7H2,1-5H3,(H,18,21)(H,19,22)/t9-/m0/s1. The zero-order chi connectivity index (χ0) is 18.4. The second-order valence-corrected chi connectivity index (χ2v) is 6.46. The maximum Gasteiger partial charge on any atom is 0.471 e. The van der Waals surface area contributed by atoms with Gasteiger partial charge in [-0.3, -0.25) is 14.4 Å². The monoisotopic (exact) mass is 340 g/mol. The van der Waals surface area contributed by atoms with E-state index in [9.17, 15) is 27.6 Å². The molecule has 23 heavy (non-hydrogen) atoms. The summed E-state index contributed by atoms with van der Waals surface area (Å²) in [5.74, 6) is -3.94. The van der Waals surface area contributed by atoms with Gasteiger partial charge >= 0.3 is 18.1 Å². The highest BCUT2D eigenvalue weighted by atomic mass is 19.4. The van der Waals surface area contributed by atoms with Crippen LogP contribution in [0.25, 0.3) is 0 Å². The van der Waals surface area contributed by atoms with Gasteiger partial charge in [0.05, 0.1) is 0 Å². The third-order valence-electron chi connectivity index (χ3n) is 2.41. The number of rotatable bonds is 6. The molecule has 0 bridgehead atoms. The maximum atomic E-state index is 12.3. The van der Waals surface area contributed by atoms with E-state index in [1.165, 1.54) is 0 Å². The fourth-order valence-electron chi connectivity index (χ4n) is 1.60. The Bertz CT molecular complexity index is 442. The number of hydrogen-bond acceptors (Lipinski definition) is 4. The number of amides is 2. The molecule has 0 saturated heterocycles. The van der Waals surface area contributed by atoms with Gasteiger partial charge in [0, 0.05) is 0 Å². The number of esters is 1.